The molecule has 9 heteroatoms. The third kappa shape index (κ3) is 6.77. The monoisotopic (exact) mass is 562 g/mol. The highest BCUT2D eigenvalue weighted by Gasteiger charge is 2.31. The van der Waals surface area contributed by atoms with Crippen LogP contribution in [0, 0.1) is 11.7 Å². The summed E-state index contributed by atoms with van der Waals surface area (Å²) in [6.07, 6.45) is 4.72. The van der Waals surface area contributed by atoms with Crippen molar-refractivity contribution in [1.82, 2.24) is 19.4 Å². The van der Waals surface area contributed by atoms with Gasteiger partial charge < -0.3 is 19.1 Å². The highest BCUT2D eigenvalue weighted by molar-refractivity contribution is 7.07. The minimum atomic E-state index is -0.379. The number of hydrogen-bond donors (Lipinski definition) is 0. The number of hydrogen-bond acceptors (Lipinski definition) is 6. The summed E-state index contributed by atoms with van der Waals surface area (Å²) in [6, 6.07) is 16.5. The number of amides is 1. The molecule has 4 heterocycles. The second-order valence-electron chi connectivity index (χ2n) is 10.4. The summed E-state index contributed by atoms with van der Waals surface area (Å²) in [5, 5.41) is 4.08. The van der Waals surface area contributed by atoms with Crippen molar-refractivity contribution in [2.45, 2.75) is 31.7 Å². The molecule has 0 aliphatic carbocycles. The molecule has 2 aromatic heterocycles. The molecule has 40 heavy (non-hydrogen) atoms. The Balaban J connectivity index is 0.000000582. The van der Waals surface area contributed by atoms with Crippen molar-refractivity contribution < 1.29 is 18.7 Å². The fourth-order valence-corrected chi connectivity index (χ4v) is 6.19. The topological polar surface area (TPSA) is 67.7 Å². The van der Waals surface area contributed by atoms with E-state index in [9.17, 15) is 14.0 Å². The number of carbonyl (C=O) groups is 2. The number of rotatable bonds is 6. The van der Waals surface area contributed by atoms with Crippen molar-refractivity contribution in [2.24, 2.45) is 5.92 Å². The molecule has 0 bridgehead atoms. The average Bonchev–Trinajstić information content (AvgIpc) is 3.77. The lowest BCUT2D eigenvalue weighted by atomic mass is 9.89. The number of benzene rings is 2. The van der Waals surface area contributed by atoms with Crippen LogP contribution >= 0.6 is 11.3 Å². The molecule has 1 atom stereocenters. The lowest BCUT2D eigenvalue weighted by molar-refractivity contribution is -0.141. The van der Waals surface area contributed by atoms with E-state index in [1.54, 1.807) is 34.4 Å². The summed E-state index contributed by atoms with van der Waals surface area (Å²) < 4.78 is 19.7. The predicted octanol–water partition coefficient (Wildman–Crippen LogP) is 5.44. The number of methoxy groups -OCH3 is 1. The lowest BCUT2D eigenvalue weighted by Crippen LogP contribution is -2.38. The van der Waals surface area contributed by atoms with E-state index in [1.165, 1.54) is 12.7 Å². The second-order valence-corrected chi connectivity index (χ2v) is 11.3. The molecular weight excluding hydrogens is 527 g/mol. The van der Waals surface area contributed by atoms with Gasteiger partial charge in [-0.1, -0.05) is 30.3 Å². The Morgan fingerprint density at radius 3 is 2.42 bits per heavy atom. The van der Waals surface area contributed by atoms with Gasteiger partial charge >= 0.3 is 5.97 Å². The van der Waals surface area contributed by atoms with Gasteiger partial charge in [0.2, 0.25) is 0 Å². The van der Waals surface area contributed by atoms with E-state index >= 15 is 0 Å². The van der Waals surface area contributed by atoms with Gasteiger partial charge in [0.05, 0.1) is 30.0 Å². The Bertz CT molecular complexity index is 1380. The molecule has 210 valence electrons. The fraction of sp³-hybridized carbons (Fsp3) is 0.387. The van der Waals surface area contributed by atoms with Gasteiger partial charge in [0.25, 0.3) is 5.91 Å². The van der Waals surface area contributed by atoms with Crippen molar-refractivity contribution in [3.05, 3.63) is 88.6 Å². The van der Waals surface area contributed by atoms with E-state index in [0.717, 1.165) is 52.0 Å². The second kappa shape index (κ2) is 13.2. The van der Waals surface area contributed by atoms with Crippen LogP contribution in [0.5, 0.6) is 0 Å². The number of imidazole rings is 1. The van der Waals surface area contributed by atoms with Crippen LogP contribution in [0.15, 0.2) is 71.7 Å². The molecule has 2 aliphatic heterocycles. The number of aromatic nitrogens is 2. The van der Waals surface area contributed by atoms with Gasteiger partial charge in [0, 0.05) is 19.6 Å². The third-order valence-corrected chi connectivity index (χ3v) is 8.47. The summed E-state index contributed by atoms with van der Waals surface area (Å²) in [6.45, 7) is 4.53. The molecule has 2 aliphatic rings. The first-order chi connectivity index (χ1) is 19.5. The number of fused-ring (bicyclic) bond motifs is 1. The van der Waals surface area contributed by atoms with Gasteiger partial charge in [-0.2, -0.15) is 11.3 Å². The number of piperidine rings is 1. The van der Waals surface area contributed by atoms with Crippen LogP contribution in [-0.4, -0.2) is 71.1 Å². The first kappa shape index (κ1) is 28.0. The van der Waals surface area contributed by atoms with E-state index in [-0.39, 0.29) is 24.2 Å². The SMILES string of the molecule is COC(=O)Cn1cnc2cccc(C(=O)N3CCC(CN4CCC(c5ccc(F)cc5)CC4)C3)c21.c1ccsc1. The molecule has 2 fully saturated rings. The van der Waals surface area contributed by atoms with Gasteiger partial charge in [-0.3, -0.25) is 9.59 Å². The quantitative estimate of drug-likeness (QED) is 0.293. The summed E-state index contributed by atoms with van der Waals surface area (Å²) >= 11 is 1.71. The minimum Gasteiger partial charge on any atom is -0.468 e. The van der Waals surface area contributed by atoms with Gasteiger partial charge in [0.1, 0.15) is 12.4 Å². The number of nitrogens with zero attached hydrogens (tertiary/aromatic N) is 4. The van der Waals surface area contributed by atoms with Crippen molar-refractivity contribution in [2.75, 3.05) is 39.8 Å². The number of likely N-dealkylation sites (tertiary alicyclic amines) is 2. The average molecular weight is 563 g/mol. The van der Waals surface area contributed by atoms with Crippen LogP contribution < -0.4 is 0 Å². The number of carbonyl (C=O) groups excluding carboxylic acids is 2. The molecule has 7 nitrogen and oxygen atoms in total. The van der Waals surface area contributed by atoms with Crippen LogP contribution in [0.4, 0.5) is 4.39 Å². The zero-order valence-electron chi connectivity index (χ0n) is 22.7. The van der Waals surface area contributed by atoms with Gasteiger partial charge in [0.15, 0.2) is 0 Å². The molecule has 2 aromatic carbocycles. The van der Waals surface area contributed by atoms with E-state index < -0.39 is 0 Å². The molecule has 1 unspecified atom stereocenters. The fourth-order valence-electron chi connectivity index (χ4n) is 5.74. The van der Waals surface area contributed by atoms with Crippen LogP contribution in [0.1, 0.15) is 41.1 Å². The smallest absolute Gasteiger partial charge is 0.325 e. The maximum Gasteiger partial charge on any atom is 0.325 e. The van der Waals surface area contributed by atoms with E-state index in [4.69, 9.17) is 4.74 Å². The molecule has 1 amide bonds. The highest BCUT2D eigenvalue weighted by atomic mass is 32.1. The van der Waals surface area contributed by atoms with Gasteiger partial charge in [-0.25, -0.2) is 9.37 Å². The zero-order chi connectivity index (χ0) is 27.9. The minimum absolute atomic E-state index is 0.0141. The first-order valence-electron chi connectivity index (χ1n) is 13.8. The van der Waals surface area contributed by atoms with E-state index in [1.807, 2.05) is 58.1 Å². The summed E-state index contributed by atoms with van der Waals surface area (Å²) in [5.74, 6) is 0.357. The molecular formula is C31H35FN4O3S. The first-order valence-corrected chi connectivity index (χ1v) is 14.7. The maximum atomic E-state index is 13.5. The molecule has 0 N–H and O–H groups in total. The summed E-state index contributed by atoms with van der Waals surface area (Å²) in [7, 11) is 1.35. The van der Waals surface area contributed by atoms with Crippen LogP contribution in [0.2, 0.25) is 0 Å². The molecule has 0 radical (unpaired) electrons. The zero-order valence-corrected chi connectivity index (χ0v) is 23.6. The Kier molecular flexibility index (Phi) is 9.23. The Labute approximate surface area is 238 Å². The number of esters is 1. The standard InChI is InChI=1S/C27H31FN4O3.C4H4S/c1-35-25(33)17-32-18-29-24-4-2-3-23(26(24)32)27(34)31-14-9-19(16-31)15-30-12-10-21(11-13-30)20-5-7-22(28)8-6-20;1-2-4-5-3-1/h2-8,18-19,21H,9-17H2,1H3;1-4H. The molecule has 4 aromatic rings. The molecule has 2 saturated heterocycles. The number of para-hydroxylation sites is 1. The Hall–Kier alpha value is -3.56. The highest BCUT2D eigenvalue weighted by Crippen LogP contribution is 2.30. The maximum absolute atomic E-state index is 13.5. The van der Waals surface area contributed by atoms with Gasteiger partial charge in [-0.15, -0.1) is 0 Å². The molecule has 0 spiro atoms. The largest absolute Gasteiger partial charge is 0.468 e. The molecule has 6 rings (SSSR count). The van der Waals surface area contributed by atoms with Crippen molar-refractivity contribution >= 4 is 34.2 Å². The number of thiophene rings is 1. The van der Waals surface area contributed by atoms with Crippen LogP contribution in [0.3, 0.4) is 0 Å². The summed E-state index contributed by atoms with van der Waals surface area (Å²) in [5.41, 5.74) is 3.17. The number of halogens is 1. The normalized spacial score (nSPS) is 17.9. The number of ether oxygens (including phenoxy) is 1. The third-order valence-electron chi connectivity index (χ3n) is 7.84. The Morgan fingerprint density at radius 1 is 1.00 bits per heavy atom. The lowest BCUT2D eigenvalue weighted by Gasteiger charge is -2.33. The molecule has 0 saturated carbocycles. The van der Waals surface area contributed by atoms with E-state index in [2.05, 4.69) is 9.88 Å². The Morgan fingerprint density at radius 2 is 1.75 bits per heavy atom. The van der Waals surface area contributed by atoms with Crippen molar-refractivity contribution in [1.29, 1.82) is 0 Å². The van der Waals surface area contributed by atoms with Crippen LogP contribution in [-0.2, 0) is 16.1 Å². The van der Waals surface area contributed by atoms with E-state index in [0.29, 0.717) is 28.4 Å². The van der Waals surface area contributed by atoms with Crippen molar-refractivity contribution in [3.8, 4) is 0 Å². The van der Waals surface area contributed by atoms with Crippen molar-refractivity contribution in [3.63, 3.8) is 0 Å². The predicted molar refractivity (Wildman–Crippen MR) is 155 cm³/mol. The summed E-state index contributed by atoms with van der Waals surface area (Å²) in [4.78, 5) is 34.1. The van der Waals surface area contributed by atoms with Crippen LogP contribution in [0.25, 0.3) is 11.0 Å². The van der Waals surface area contributed by atoms with Gasteiger partial charge in [-0.05, 0) is 84.8 Å².